The summed E-state index contributed by atoms with van der Waals surface area (Å²) in [6.45, 7) is 1.74. The summed E-state index contributed by atoms with van der Waals surface area (Å²) in [5.74, 6) is -1.33. The predicted octanol–water partition coefficient (Wildman–Crippen LogP) is 4.51. The summed E-state index contributed by atoms with van der Waals surface area (Å²) >= 11 is 2.66. The van der Waals surface area contributed by atoms with Gasteiger partial charge in [-0.15, -0.1) is 11.3 Å². The summed E-state index contributed by atoms with van der Waals surface area (Å²) in [5.41, 5.74) is 7.41. The van der Waals surface area contributed by atoms with E-state index in [0.29, 0.717) is 21.8 Å². The van der Waals surface area contributed by atoms with Crippen molar-refractivity contribution in [1.29, 1.82) is 0 Å². The number of hydrogen-bond acceptors (Lipinski definition) is 6. The van der Waals surface area contributed by atoms with Gasteiger partial charge in [0.25, 0.3) is 17.7 Å². The second kappa shape index (κ2) is 9.54. The maximum atomic E-state index is 12.7. The van der Waals surface area contributed by atoms with Gasteiger partial charge >= 0.3 is 0 Å². The van der Waals surface area contributed by atoms with Gasteiger partial charge in [-0.05, 0) is 30.5 Å². The number of benzene rings is 2. The molecule has 0 unspecified atom stereocenters. The van der Waals surface area contributed by atoms with Crippen LogP contribution in [0.1, 0.15) is 36.1 Å². The fourth-order valence-electron chi connectivity index (χ4n) is 2.93. The minimum atomic E-state index is -0.551. The van der Waals surface area contributed by atoms with Gasteiger partial charge in [-0.2, -0.15) is 11.3 Å². The molecule has 0 bridgehead atoms. The highest BCUT2D eigenvalue weighted by Crippen LogP contribution is 2.27. The fourth-order valence-corrected chi connectivity index (χ4v) is 4.53. The lowest BCUT2D eigenvalue weighted by atomic mass is 10.1. The lowest BCUT2D eigenvalue weighted by Crippen LogP contribution is -2.41. The van der Waals surface area contributed by atoms with Crippen molar-refractivity contribution in [2.24, 2.45) is 0 Å². The maximum absolute atomic E-state index is 12.7. The first-order valence-corrected chi connectivity index (χ1v) is 11.3. The van der Waals surface area contributed by atoms with E-state index >= 15 is 0 Å². The Hall–Kier alpha value is -3.82. The van der Waals surface area contributed by atoms with Gasteiger partial charge in [0, 0.05) is 10.9 Å². The van der Waals surface area contributed by atoms with Crippen molar-refractivity contribution in [1.82, 2.24) is 15.8 Å². The van der Waals surface area contributed by atoms with Crippen LogP contribution in [-0.2, 0) is 0 Å². The molecular formula is C23H18N4O3S2. The van der Waals surface area contributed by atoms with E-state index in [1.165, 1.54) is 22.7 Å². The molecule has 9 heteroatoms. The number of hydrogen-bond donors (Lipinski definition) is 3. The molecule has 2 heterocycles. The number of nitrogens with zero attached hydrogens (tertiary/aromatic N) is 1. The van der Waals surface area contributed by atoms with E-state index < -0.39 is 11.8 Å². The summed E-state index contributed by atoms with van der Waals surface area (Å²) in [7, 11) is 0. The number of aryl methyl sites for hydroxylation is 1. The molecule has 0 fully saturated rings. The Morgan fingerprint density at radius 2 is 1.56 bits per heavy atom. The monoisotopic (exact) mass is 462 g/mol. The number of hydrazine groups is 1. The van der Waals surface area contributed by atoms with Gasteiger partial charge in [0.15, 0.2) is 0 Å². The van der Waals surface area contributed by atoms with E-state index in [4.69, 9.17) is 0 Å². The molecule has 0 saturated carbocycles. The van der Waals surface area contributed by atoms with Crippen LogP contribution in [0.5, 0.6) is 0 Å². The SMILES string of the molecule is Cc1nc(-c2ccccc2)sc1C(=O)NNC(=O)c1ccccc1NC(=O)c1ccsc1. The van der Waals surface area contributed by atoms with Crippen molar-refractivity contribution in [3.8, 4) is 10.6 Å². The molecule has 0 aliphatic rings. The van der Waals surface area contributed by atoms with Crippen molar-refractivity contribution >= 4 is 46.1 Å². The number of thiophene rings is 1. The number of thiazole rings is 1. The van der Waals surface area contributed by atoms with Crippen molar-refractivity contribution in [3.05, 3.63) is 93.1 Å². The third-order valence-electron chi connectivity index (χ3n) is 4.52. The van der Waals surface area contributed by atoms with Crippen LogP contribution in [-0.4, -0.2) is 22.7 Å². The summed E-state index contributed by atoms with van der Waals surface area (Å²) in [6.07, 6.45) is 0. The molecule has 160 valence electrons. The van der Waals surface area contributed by atoms with Crippen molar-refractivity contribution in [2.45, 2.75) is 6.92 Å². The number of nitrogens with one attached hydrogen (secondary N) is 3. The molecule has 32 heavy (non-hydrogen) atoms. The first-order valence-electron chi connectivity index (χ1n) is 9.59. The van der Waals surface area contributed by atoms with E-state index in [-0.39, 0.29) is 11.5 Å². The van der Waals surface area contributed by atoms with Crippen LogP contribution >= 0.6 is 22.7 Å². The fraction of sp³-hybridized carbons (Fsp3) is 0.0435. The smallest absolute Gasteiger partial charge is 0.281 e. The summed E-state index contributed by atoms with van der Waals surface area (Å²) in [5, 5.41) is 6.97. The molecule has 0 spiro atoms. The van der Waals surface area contributed by atoms with Crippen molar-refractivity contribution in [2.75, 3.05) is 5.32 Å². The zero-order valence-electron chi connectivity index (χ0n) is 16.9. The zero-order chi connectivity index (χ0) is 22.5. The Morgan fingerprint density at radius 3 is 2.31 bits per heavy atom. The van der Waals surface area contributed by atoms with Gasteiger partial charge in [-0.1, -0.05) is 42.5 Å². The minimum absolute atomic E-state index is 0.224. The van der Waals surface area contributed by atoms with Crippen LogP contribution in [0, 0.1) is 6.92 Å². The second-order valence-electron chi connectivity index (χ2n) is 6.72. The molecule has 0 saturated heterocycles. The molecule has 0 aliphatic carbocycles. The molecular weight excluding hydrogens is 444 g/mol. The van der Waals surface area contributed by atoms with Crippen molar-refractivity contribution in [3.63, 3.8) is 0 Å². The highest BCUT2D eigenvalue weighted by Gasteiger charge is 2.19. The average Bonchev–Trinajstić information content (AvgIpc) is 3.48. The first kappa shape index (κ1) is 21.4. The van der Waals surface area contributed by atoms with Gasteiger partial charge in [0.1, 0.15) is 9.88 Å². The van der Waals surface area contributed by atoms with E-state index in [0.717, 1.165) is 10.6 Å². The number of para-hydroxylation sites is 1. The van der Waals surface area contributed by atoms with Crippen LogP contribution in [0.2, 0.25) is 0 Å². The number of carbonyl (C=O) groups excluding carboxylic acids is 3. The number of aromatic nitrogens is 1. The molecule has 3 amide bonds. The second-order valence-corrected chi connectivity index (χ2v) is 8.50. The van der Waals surface area contributed by atoms with E-state index in [1.54, 1.807) is 48.0 Å². The van der Waals surface area contributed by atoms with Crippen LogP contribution in [0.25, 0.3) is 10.6 Å². The van der Waals surface area contributed by atoms with Crippen LogP contribution in [0.4, 0.5) is 5.69 Å². The number of anilines is 1. The third kappa shape index (κ3) is 4.74. The third-order valence-corrected chi connectivity index (χ3v) is 6.40. The van der Waals surface area contributed by atoms with Crippen molar-refractivity contribution < 1.29 is 14.4 Å². The molecule has 7 nitrogen and oxygen atoms in total. The van der Waals surface area contributed by atoms with E-state index in [2.05, 4.69) is 21.2 Å². The summed E-state index contributed by atoms with van der Waals surface area (Å²) < 4.78 is 0. The first-order chi connectivity index (χ1) is 15.5. The zero-order valence-corrected chi connectivity index (χ0v) is 18.5. The molecule has 0 atom stereocenters. The number of carbonyl (C=O) groups is 3. The van der Waals surface area contributed by atoms with Crippen LogP contribution in [0.15, 0.2) is 71.4 Å². The molecule has 3 N–H and O–H groups in total. The van der Waals surface area contributed by atoms with E-state index in [1.807, 2.05) is 30.3 Å². The Balaban J connectivity index is 1.44. The molecule has 0 radical (unpaired) electrons. The molecule has 4 rings (SSSR count). The minimum Gasteiger partial charge on any atom is -0.321 e. The summed E-state index contributed by atoms with van der Waals surface area (Å²) in [4.78, 5) is 42.5. The molecule has 4 aromatic rings. The molecule has 2 aromatic heterocycles. The largest absolute Gasteiger partial charge is 0.321 e. The quantitative estimate of drug-likeness (QED) is 0.380. The topological polar surface area (TPSA) is 100 Å². The Kier molecular flexibility index (Phi) is 6.39. The maximum Gasteiger partial charge on any atom is 0.281 e. The van der Waals surface area contributed by atoms with Crippen LogP contribution in [0.3, 0.4) is 0 Å². The van der Waals surface area contributed by atoms with Gasteiger partial charge in [-0.25, -0.2) is 4.98 Å². The number of rotatable bonds is 5. The molecule has 0 aliphatic heterocycles. The lowest BCUT2D eigenvalue weighted by Gasteiger charge is -2.11. The van der Waals surface area contributed by atoms with Gasteiger partial charge in [-0.3, -0.25) is 25.2 Å². The van der Waals surface area contributed by atoms with E-state index in [9.17, 15) is 14.4 Å². The Morgan fingerprint density at radius 1 is 0.844 bits per heavy atom. The highest BCUT2D eigenvalue weighted by atomic mass is 32.1. The van der Waals surface area contributed by atoms with Crippen LogP contribution < -0.4 is 16.2 Å². The Bertz CT molecular complexity index is 1270. The molecule has 2 aromatic carbocycles. The number of amides is 3. The summed E-state index contributed by atoms with van der Waals surface area (Å²) in [6, 6.07) is 17.8. The van der Waals surface area contributed by atoms with Gasteiger partial charge in [0.2, 0.25) is 0 Å². The lowest BCUT2D eigenvalue weighted by molar-refractivity contribution is 0.0848. The predicted molar refractivity (Wildman–Crippen MR) is 126 cm³/mol. The Labute approximate surface area is 192 Å². The normalized spacial score (nSPS) is 10.4. The van der Waals surface area contributed by atoms with Gasteiger partial charge in [0.05, 0.1) is 22.5 Å². The average molecular weight is 463 g/mol. The van der Waals surface area contributed by atoms with Gasteiger partial charge < -0.3 is 5.32 Å². The standard InChI is InChI=1S/C23H18N4O3S2/c1-14-19(32-23(24-14)15-7-3-2-4-8-15)22(30)27-26-21(29)17-9-5-6-10-18(17)25-20(28)16-11-12-31-13-16/h2-13H,1H3,(H,25,28)(H,26,29)(H,27,30). The highest BCUT2D eigenvalue weighted by molar-refractivity contribution is 7.17.